The number of hydrogen-bond acceptors (Lipinski definition) is 12. The molecule has 7 rings (SSSR count). The van der Waals surface area contributed by atoms with E-state index in [2.05, 4.69) is 51.5 Å². The standard InChI is InChI=1S/C35H40BrN10O4P/c1-44-21-23(19-40-44)24-17-28(30(49-2)18-29(24)45-11-7-22(8-12-45)34(47)46-13-15-50-16-14-46)42-35-39-20-25(36)33(43-35)41-27-6-5-26-31(38-10-9-37-26)32(27)51(3,4)48/h5-6,9-10,17-22H,7-8,11-16H2,1-4H3,(H2,39,41,42,43). The number of nitrogens with one attached hydrogen (secondary N) is 2. The minimum atomic E-state index is -2.79. The first-order valence-corrected chi connectivity index (χ1v) is 20.2. The largest absolute Gasteiger partial charge is 0.494 e. The summed E-state index contributed by atoms with van der Waals surface area (Å²) in [5.41, 5.74) is 5.44. The number of aryl methyl sites for hydroxylation is 1. The number of benzene rings is 2. The summed E-state index contributed by atoms with van der Waals surface area (Å²) in [5.74, 6) is 1.64. The van der Waals surface area contributed by atoms with E-state index in [0.29, 0.717) is 76.0 Å². The Morgan fingerprint density at radius 2 is 1.76 bits per heavy atom. The van der Waals surface area contributed by atoms with Crippen molar-refractivity contribution in [2.45, 2.75) is 12.8 Å². The lowest BCUT2D eigenvalue weighted by atomic mass is 9.93. The first-order valence-electron chi connectivity index (χ1n) is 16.8. The van der Waals surface area contributed by atoms with Gasteiger partial charge < -0.3 is 34.5 Å². The first-order chi connectivity index (χ1) is 24.6. The Morgan fingerprint density at radius 1 is 1.00 bits per heavy atom. The molecule has 14 nitrogen and oxygen atoms in total. The summed E-state index contributed by atoms with van der Waals surface area (Å²) in [7, 11) is 0.739. The van der Waals surface area contributed by atoms with Crippen LogP contribution < -0.4 is 25.6 Å². The number of carbonyl (C=O) groups excluding carboxylic acids is 1. The van der Waals surface area contributed by atoms with Crippen LogP contribution in [0, 0.1) is 5.92 Å². The van der Waals surface area contributed by atoms with E-state index >= 15 is 0 Å². The fourth-order valence-corrected chi connectivity index (χ4v) is 8.41. The third-order valence-corrected chi connectivity index (χ3v) is 11.3. The van der Waals surface area contributed by atoms with E-state index in [1.165, 1.54) is 0 Å². The molecule has 3 aromatic heterocycles. The number of piperidine rings is 1. The van der Waals surface area contributed by atoms with Crippen molar-refractivity contribution in [3.8, 4) is 16.9 Å². The molecule has 51 heavy (non-hydrogen) atoms. The number of amides is 1. The number of fused-ring (bicyclic) bond motifs is 1. The second-order valence-electron chi connectivity index (χ2n) is 13.0. The molecule has 1 amide bonds. The smallest absolute Gasteiger partial charge is 0.229 e. The molecule has 0 unspecified atom stereocenters. The molecule has 2 aromatic carbocycles. The fraction of sp³-hybridized carbons (Fsp3) is 0.371. The topological polar surface area (TPSA) is 153 Å². The van der Waals surface area contributed by atoms with Gasteiger partial charge in [0.05, 0.1) is 53.2 Å². The van der Waals surface area contributed by atoms with Crippen LogP contribution in [0.4, 0.5) is 28.8 Å². The molecular formula is C35H40BrN10O4P. The average Bonchev–Trinajstić information content (AvgIpc) is 3.58. The Balaban J connectivity index is 1.18. The normalized spacial score (nSPS) is 15.6. The second-order valence-corrected chi connectivity index (χ2v) is 17.1. The summed E-state index contributed by atoms with van der Waals surface area (Å²) in [6.45, 7) is 7.43. The lowest BCUT2D eigenvalue weighted by Gasteiger charge is -2.37. The molecule has 5 aromatic rings. The average molecular weight is 776 g/mol. The van der Waals surface area contributed by atoms with Gasteiger partial charge in [0, 0.05) is 86.8 Å². The molecule has 5 heterocycles. The zero-order chi connectivity index (χ0) is 35.7. The van der Waals surface area contributed by atoms with E-state index in [9.17, 15) is 9.36 Å². The van der Waals surface area contributed by atoms with Crippen molar-refractivity contribution >= 4 is 74.1 Å². The highest BCUT2D eigenvalue weighted by atomic mass is 79.9. The van der Waals surface area contributed by atoms with Crippen LogP contribution in [0.2, 0.25) is 0 Å². The Bertz CT molecular complexity index is 2130. The van der Waals surface area contributed by atoms with Gasteiger partial charge in [0.15, 0.2) is 0 Å². The summed E-state index contributed by atoms with van der Waals surface area (Å²) in [4.78, 5) is 35.7. The Kier molecular flexibility index (Phi) is 9.95. The van der Waals surface area contributed by atoms with Crippen molar-refractivity contribution in [3.05, 3.63) is 59.7 Å². The van der Waals surface area contributed by atoms with Crippen LogP contribution in [-0.2, 0) is 21.1 Å². The van der Waals surface area contributed by atoms with Crippen molar-refractivity contribution in [1.82, 2.24) is 34.6 Å². The molecular weight excluding hydrogens is 735 g/mol. The van der Waals surface area contributed by atoms with Gasteiger partial charge in [-0.05, 0) is 60.3 Å². The predicted molar refractivity (Wildman–Crippen MR) is 202 cm³/mol. The van der Waals surface area contributed by atoms with Gasteiger partial charge in [-0.3, -0.25) is 19.4 Å². The van der Waals surface area contributed by atoms with E-state index in [1.54, 1.807) is 43.7 Å². The number of morpholine rings is 1. The van der Waals surface area contributed by atoms with Crippen LogP contribution in [0.5, 0.6) is 5.75 Å². The molecule has 266 valence electrons. The van der Waals surface area contributed by atoms with Crippen LogP contribution in [0.3, 0.4) is 0 Å². The molecule has 0 bridgehead atoms. The van der Waals surface area contributed by atoms with Crippen molar-refractivity contribution in [3.63, 3.8) is 0 Å². The number of rotatable bonds is 9. The molecule has 0 spiro atoms. The maximum absolute atomic E-state index is 13.5. The number of nitrogens with zero attached hydrogens (tertiary/aromatic N) is 8. The van der Waals surface area contributed by atoms with Gasteiger partial charge >= 0.3 is 0 Å². The van der Waals surface area contributed by atoms with Gasteiger partial charge in [-0.25, -0.2) is 4.98 Å². The molecule has 2 fully saturated rings. The lowest BCUT2D eigenvalue weighted by molar-refractivity contribution is -0.140. The SMILES string of the molecule is COc1cc(N2CCC(C(=O)N3CCOCC3)CC2)c(-c2cnn(C)c2)cc1Nc1ncc(Br)c(Nc2ccc3nccnc3c2P(C)(C)=O)n1. The van der Waals surface area contributed by atoms with Gasteiger partial charge in [-0.1, -0.05) is 0 Å². The van der Waals surface area contributed by atoms with Crippen LogP contribution in [0.15, 0.2) is 59.7 Å². The molecule has 0 saturated carbocycles. The molecule has 16 heteroatoms. The molecule has 2 saturated heterocycles. The van der Waals surface area contributed by atoms with Gasteiger partial charge in [0.2, 0.25) is 11.9 Å². The summed E-state index contributed by atoms with van der Waals surface area (Å²) >= 11 is 3.58. The van der Waals surface area contributed by atoms with E-state index in [1.807, 2.05) is 48.6 Å². The maximum Gasteiger partial charge on any atom is 0.229 e. The Morgan fingerprint density at radius 3 is 2.47 bits per heavy atom. The fourth-order valence-electron chi connectivity index (χ4n) is 6.73. The number of methoxy groups -OCH3 is 1. The van der Waals surface area contributed by atoms with Gasteiger partial charge in [0.1, 0.15) is 24.2 Å². The number of halogens is 1. The van der Waals surface area contributed by atoms with Crippen LogP contribution in [0.1, 0.15) is 12.8 Å². The Labute approximate surface area is 304 Å². The monoisotopic (exact) mass is 774 g/mol. The van der Waals surface area contributed by atoms with Crippen molar-refractivity contribution in [2.24, 2.45) is 13.0 Å². The van der Waals surface area contributed by atoms with Gasteiger partial charge in [-0.15, -0.1) is 0 Å². The number of carbonyl (C=O) groups is 1. The van der Waals surface area contributed by atoms with E-state index in [4.69, 9.17) is 14.5 Å². The van der Waals surface area contributed by atoms with E-state index in [0.717, 1.165) is 42.7 Å². The number of ether oxygens (including phenoxy) is 2. The zero-order valence-corrected chi connectivity index (χ0v) is 31.4. The molecule has 0 radical (unpaired) electrons. The predicted octanol–water partition coefficient (Wildman–Crippen LogP) is 5.40. The zero-order valence-electron chi connectivity index (χ0n) is 29.0. The number of anilines is 5. The third-order valence-electron chi connectivity index (χ3n) is 9.24. The molecule has 2 N–H and O–H groups in total. The summed E-state index contributed by atoms with van der Waals surface area (Å²) in [6.07, 6.45) is 10.2. The van der Waals surface area contributed by atoms with Crippen molar-refractivity contribution in [2.75, 3.05) is 75.4 Å². The first kappa shape index (κ1) is 34.8. The molecule has 2 aliphatic heterocycles. The minimum Gasteiger partial charge on any atom is -0.494 e. The Hall–Kier alpha value is -4.59. The van der Waals surface area contributed by atoms with Gasteiger partial charge in [0.25, 0.3) is 0 Å². The van der Waals surface area contributed by atoms with Gasteiger partial charge in [-0.2, -0.15) is 10.1 Å². The molecule has 2 aliphatic rings. The minimum absolute atomic E-state index is 0.00147. The highest BCUT2D eigenvalue weighted by Gasteiger charge is 2.31. The van der Waals surface area contributed by atoms with Crippen molar-refractivity contribution < 1.29 is 18.8 Å². The van der Waals surface area contributed by atoms with Crippen molar-refractivity contribution in [1.29, 1.82) is 0 Å². The van der Waals surface area contributed by atoms with E-state index < -0.39 is 7.14 Å². The highest BCUT2D eigenvalue weighted by Crippen LogP contribution is 2.43. The second kappa shape index (κ2) is 14.6. The summed E-state index contributed by atoms with van der Waals surface area (Å²) < 4.78 is 27.3. The van der Waals surface area contributed by atoms with E-state index in [-0.39, 0.29) is 11.8 Å². The highest BCUT2D eigenvalue weighted by molar-refractivity contribution is 9.10. The van der Waals surface area contributed by atoms with Crippen LogP contribution in [-0.4, -0.2) is 100 Å². The number of aromatic nitrogens is 6. The number of hydrogen-bond donors (Lipinski definition) is 2. The van der Waals surface area contributed by atoms with Crippen LogP contribution in [0.25, 0.3) is 22.2 Å². The summed E-state index contributed by atoms with van der Waals surface area (Å²) in [6, 6.07) is 7.74. The maximum atomic E-state index is 13.5. The summed E-state index contributed by atoms with van der Waals surface area (Å²) in [5, 5.41) is 11.8. The molecule has 0 atom stereocenters. The van der Waals surface area contributed by atoms with Crippen LogP contribution >= 0.6 is 23.1 Å². The molecule has 0 aliphatic carbocycles. The lowest BCUT2D eigenvalue weighted by Crippen LogP contribution is -2.46. The third kappa shape index (κ3) is 7.42. The quantitative estimate of drug-likeness (QED) is 0.185.